The van der Waals surface area contributed by atoms with E-state index < -0.39 is 0 Å². The maximum atomic E-state index is 5.48. The number of hydrogen-bond acceptors (Lipinski definition) is 1. The second kappa shape index (κ2) is 4.55. The Labute approximate surface area is 104 Å². The van der Waals surface area contributed by atoms with Gasteiger partial charge < -0.3 is 0 Å². The van der Waals surface area contributed by atoms with Crippen molar-refractivity contribution in [2.45, 2.75) is 31.7 Å². The number of likely N-dealkylation sites (tertiary alicyclic amines) is 1. The van der Waals surface area contributed by atoms with Crippen LogP contribution in [0.25, 0.3) is 0 Å². The predicted molar refractivity (Wildman–Crippen MR) is 70.8 cm³/mol. The summed E-state index contributed by atoms with van der Waals surface area (Å²) in [6.45, 7) is 2.01. The van der Waals surface area contributed by atoms with Crippen molar-refractivity contribution in [2.24, 2.45) is 5.92 Å². The summed E-state index contributed by atoms with van der Waals surface area (Å²) in [5, 5.41) is 0. The molecule has 3 rings (SSSR count). The molecule has 88 valence electrons. The highest BCUT2D eigenvalue weighted by Crippen LogP contribution is 2.34. The van der Waals surface area contributed by atoms with Gasteiger partial charge in [-0.2, -0.15) is 0 Å². The van der Waals surface area contributed by atoms with Gasteiger partial charge >= 0.3 is 0 Å². The Balaban J connectivity index is 1.87. The lowest BCUT2D eigenvalue weighted by Gasteiger charge is -2.44. The Hall–Kier alpha value is -1.26. The molecule has 17 heavy (non-hydrogen) atoms. The molecule has 2 atom stereocenters. The molecule has 1 fully saturated rings. The van der Waals surface area contributed by atoms with Crippen LogP contribution in [-0.2, 0) is 12.8 Å². The third-order valence-corrected chi connectivity index (χ3v) is 4.36. The quantitative estimate of drug-likeness (QED) is 0.664. The van der Waals surface area contributed by atoms with E-state index in [0.29, 0.717) is 6.04 Å². The molecule has 0 spiro atoms. The molecule has 1 heteroatoms. The average molecular weight is 225 g/mol. The van der Waals surface area contributed by atoms with Crippen LogP contribution in [0, 0.1) is 18.3 Å². The van der Waals surface area contributed by atoms with Crippen LogP contribution in [0.4, 0.5) is 0 Å². The third-order valence-electron chi connectivity index (χ3n) is 4.36. The van der Waals surface area contributed by atoms with Crippen LogP contribution in [-0.4, -0.2) is 24.0 Å². The number of benzene rings is 1. The van der Waals surface area contributed by atoms with Gasteiger partial charge in [-0.3, -0.25) is 4.90 Å². The molecule has 1 aromatic carbocycles. The summed E-state index contributed by atoms with van der Waals surface area (Å²) >= 11 is 0. The first kappa shape index (κ1) is 10.9. The molecule has 0 aromatic heterocycles. The molecule has 2 aliphatic rings. The maximum Gasteiger partial charge on any atom is 0.0601 e. The van der Waals surface area contributed by atoms with E-state index in [2.05, 4.69) is 35.1 Å². The van der Waals surface area contributed by atoms with E-state index in [1.165, 1.54) is 37.8 Å². The van der Waals surface area contributed by atoms with E-state index in [0.717, 1.165) is 12.5 Å². The first-order valence-corrected chi connectivity index (χ1v) is 6.63. The van der Waals surface area contributed by atoms with Crippen molar-refractivity contribution in [1.29, 1.82) is 0 Å². The molecule has 1 heterocycles. The molecule has 1 aliphatic carbocycles. The largest absolute Gasteiger partial charge is 0.289 e. The zero-order valence-electron chi connectivity index (χ0n) is 10.2. The minimum atomic E-state index is 0.690. The van der Waals surface area contributed by atoms with Gasteiger partial charge in [0, 0.05) is 6.04 Å². The lowest BCUT2D eigenvalue weighted by Crippen LogP contribution is -2.49. The molecule has 0 N–H and O–H groups in total. The molecular weight excluding hydrogens is 206 g/mol. The normalized spacial score (nSPS) is 27.9. The Morgan fingerprint density at radius 3 is 2.76 bits per heavy atom. The topological polar surface area (TPSA) is 3.24 Å². The zero-order chi connectivity index (χ0) is 11.7. The fourth-order valence-corrected chi connectivity index (χ4v) is 3.52. The highest BCUT2D eigenvalue weighted by Gasteiger charge is 2.34. The van der Waals surface area contributed by atoms with E-state index in [9.17, 15) is 0 Å². The number of nitrogens with zero attached hydrogens (tertiary/aromatic N) is 1. The third kappa shape index (κ3) is 1.98. The molecular formula is C16H19N. The summed E-state index contributed by atoms with van der Waals surface area (Å²) < 4.78 is 0. The van der Waals surface area contributed by atoms with Gasteiger partial charge in [0.15, 0.2) is 0 Å². The summed E-state index contributed by atoms with van der Waals surface area (Å²) in [6, 6.07) is 9.60. The summed E-state index contributed by atoms with van der Waals surface area (Å²) in [5.41, 5.74) is 3.11. The van der Waals surface area contributed by atoms with Crippen molar-refractivity contribution in [3.63, 3.8) is 0 Å². The van der Waals surface area contributed by atoms with Crippen molar-refractivity contribution in [3.05, 3.63) is 35.4 Å². The van der Waals surface area contributed by atoms with Gasteiger partial charge in [-0.25, -0.2) is 0 Å². The fraction of sp³-hybridized carbons (Fsp3) is 0.500. The maximum absolute atomic E-state index is 5.48. The smallest absolute Gasteiger partial charge is 0.0601 e. The van der Waals surface area contributed by atoms with Crippen LogP contribution in [0.15, 0.2) is 24.3 Å². The van der Waals surface area contributed by atoms with Gasteiger partial charge in [-0.15, -0.1) is 6.42 Å². The minimum absolute atomic E-state index is 0.690. The van der Waals surface area contributed by atoms with Crippen LogP contribution in [0.5, 0.6) is 0 Å². The first-order valence-electron chi connectivity index (χ1n) is 6.63. The van der Waals surface area contributed by atoms with Gasteiger partial charge in [0.25, 0.3) is 0 Å². The average Bonchev–Trinajstić information content (AvgIpc) is 2.37. The second-order valence-corrected chi connectivity index (χ2v) is 5.32. The van der Waals surface area contributed by atoms with Gasteiger partial charge in [-0.05, 0) is 49.3 Å². The van der Waals surface area contributed by atoms with Crippen LogP contribution in [0.2, 0.25) is 0 Å². The van der Waals surface area contributed by atoms with E-state index in [1.54, 1.807) is 5.56 Å². The zero-order valence-corrected chi connectivity index (χ0v) is 10.2. The Morgan fingerprint density at radius 1 is 1.24 bits per heavy atom. The Kier molecular flexibility index (Phi) is 2.91. The molecule has 1 saturated heterocycles. The van der Waals surface area contributed by atoms with Crippen molar-refractivity contribution in [2.75, 3.05) is 13.1 Å². The van der Waals surface area contributed by atoms with E-state index in [1.807, 2.05) is 0 Å². The molecule has 0 amide bonds. The van der Waals surface area contributed by atoms with Crippen molar-refractivity contribution in [3.8, 4) is 12.3 Å². The van der Waals surface area contributed by atoms with Crippen molar-refractivity contribution >= 4 is 0 Å². The summed E-state index contributed by atoms with van der Waals surface area (Å²) in [5.74, 6) is 3.65. The summed E-state index contributed by atoms with van der Waals surface area (Å²) in [6.07, 6.45) is 10.6. The number of fused-ring (bicyclic) bond motifs is 2. The number of piperidine rings is 1. The van der Waals surface area contributed by atoms with E-state index in [4.69, 9.17) is 6.42 Å². The molecule has 0 unspecified atom stereocenters. The van der Waals surface area contributed by atoms with Crippen LogP contribution < -0.4 is 0 Å². The highest BCUT2D eigenvalue weighted by molar-refractivity contribution is 5.31. The monoisotopic (exact) mass is 225 g/mol. The molecule has 1 aliphatic heterocycles. The number of terminal acetylenes is 1. The highest BCUT2D eigenvalue weighted by atomic mass is 15.2. The van der Waals surface area contributed by atoms with Gasteiger partial charge in [-0.1, -0.05) is 30.2 Å². The SMILES string of the molecule is C#CCN1CCC[C@@H]2Cc3ccccc3C[C@H]21. The van der Waals surface area contributed by atoms with E-state index >= 15 is 0 Å². The standard InChI is InChI=1S/C16H19N/c1-2-9-17-10-5-8-15-11-13-6-3-4-7-14(13)12-16(15)17/h1,3-4,6-7,15-16H,5,8-12H2/t15-,16-/m1/s1. The van der Waals surface area contributed by atoms with Crippen molar-refractivity contribution in [1.82, 2.24) is 4.90 Å². The molecule has 1 nitrogen and oxygen atoms in total. The van der Waals surface area contributed by atoms with Crippen LogP contribution in [0.1, 0.15) is 24.0 Å². The van der Waals surface area contributed by atoms with Crippen LogP contribution >= 0.6 is 0 Å². The first-order chi connectivity index (χ1) is 8.38. The molecule has 1 aromatic rings. The Bertz CT molecular complexity index is 443. The van der Waals surface area contributed by atoms with E-state index in [-0.39, 0.29) is 0 Å². The van der Waals surface area contributed by atoms with Gasteiger partial charge in [0.1, 0.15) is 0 Å². The molecule has 0 bridgehead atoms. The minimum Gasteiger partial charge on any atom is -0.289 e. The predicted octanol–water partition coefficient (Wildman–Crippen LogP) is 2.50. The second-order valence-electron chi connectivity index (χ2n) is 5.32. The van der Waals surface area contributed by atoms with Gasteiger partial charge in [0.2, 0.25) is 0 Å². The summed E-state index contributed by atoms with van der Waals surface area (Å²) in [7, 11) is 0. The van der Waals surface area contributed by atoms with Crippen molar-refractivity contribution < 1.29 is 0 Å². The Morgan fingerprint density at radius 2 is 2.00 bits per heavy atom. The lowest BCUT2D eigenvalue weighted by molar-refractivity contribution is 0.0993. The number of rotatable bonds is 1. The number of hydrogen-bond donors (Lipinski definition) is 0. The molecule has 0 saturated carbocycles. The van der Waals surface area contributed by atoms with Gasteiger partial charge in [0.05, 0.1) is 6.54 Å². The van der Waals surface area contributed by atoms with Crippen LogP contribution in [0.3, 0.4) is 0 Å². The summed E-state index contributed by atoms with van der Waals surface area (Å²) in [4.78, 5) is 2.52. The fourth-order valence-electron chi connectivity index (χ4n) is 3.52. The lowest BCUT2D eigenvalue weighted by atomic mass is 9.75. The molecule has 0 radical (unpaired) electrons.